The van der Waals surface area contributed by atoms with Gasteiger partial charge in [0, 0.05) is 38.1 Å². The lowest BCUT2D eigenvalue weighted by molar-refractivity contribution is 0.0528. The molecular weight excluding hydrogens is 313 g/mol. The predicted molar refractivity (Wildman–Crippen MR) is 86.6 cm³/mol. The highest BCUT2D eigenvalue weighted by Crippen LogP contribution is 2.24. The molecule has 1 aromatic heterocycles. The molecule has 128 valence electrons. The molecule has 0 spiro atoms. The number of hydrogen-bond acceptors (Lipinski definition) is 4. The second kappa shape index (κ2) is 7.00. The van der Waals surface area contributed by atoms with E-state index < -0.39 is 5.82 Å². The summed E-state index contributed by atoms with van der Waals surface area (Å²) in [6.07, 6.45) is 4.72. The molecule has 0 saturated carbocycles. The van der Waals surface area contributed by atoms with Gasteiger partial charge >= 0.3 is 6.03 Å². The van der Waals surface area contributed by atoms with Gasteiger partial charge in [-0.1, -0.05) is 0 Å². The smallest absolute Gasteiger partial charge is 0.329 e. The molecule has 0 radical (unpaired) electrons. The number of hydrogen-bond donors (Lipinski definition) is 0. The van der Waals surface area contributed by atoms with Crippen LogP contribution in [0, 0.1) is 5.82 Å². The van der Waals surface area contributed by atoms with Gasteiger partial charge in [-0.2, -0.15) is 0 Å². The molecule has 0 unspecified atom stereocenters. The van der Waals surface area contributed by atoms with Crippen LogP contribution in [0.15, 0.2) is 30.7 Å². The van der Waals surface area contributed by atoms with Gasteiger partial charge in [-0.05, 0) is 31.0 Å². The lowest BCUT2D eigenvalue weighted by Crippen LogP contribution is -2.42. The zero-order valence-corrected chi connectivity index (χ0v) is 13.7. The summed E-state index contributed by atoms with van der Waals surface area (Å²) in [4.78, 5) is 18.5. The van der Waals surface area contributed by atoms with Crippen LogP contribution in [0.4, 0.5) is 9.18 Å². The molecular formula is C17H20FN3O3. The number of methoxy groups -OCH3 is 1. The molecule has 0 atom stereocenters. The van der Waals surface area contributed by atoms with E-state index in [1.165, 1.54) is 24.1 Å². The van der Waals surface area contributed by atoms with Gasteiger partial charge in [0.1, 0.15) is 6.33 Å². The summed E-state index contributed by atoms with van der Waals surface area (Å²) in [5.41, 5.74) is 1.12. The van der Waals surface area contributed by atoms with Crippen LogP contribution in [0.2, 0.25) is 0 Å². The summed E-state index contributed by atoms with van der Waals surface area (Å²) in [5, 5.41) is 0. The van der Waals surface area contributed by atoms with Gasteiger partial charge in [0.15, 0.2) is 11.6 Å². The SMILES string of the molecule is COc1ccc(-c2cn(C(=O)N(C)C3CCOCC3)cn2)cc1F. The second-order valence-corrected chi connectivity index (χ2v) is 5.75. The Morgan fingerprint density at radius 2 is 2.17 bits per heavy atom. The Bertz CT molecular complexity index is 726. The van der Waals surface area contributed by atoms with Crippen molar-refractivity contribution in [3.63, 3.8) is 0 Å². The molecule has 3 rings (SSSR count). The average molecular weight is 333 g/mol. The predicted octanol–water partition coefficient (Wildman–Crippen LogP) is 2.78. The van der Waals surface area contributed by atoms with Crippen molar-refractivity contribution in [1.29, 1.82) is 0 Å². The zero-order valence-electron chi connectivity index (χ0n) is 13.7. The van der Waals surface area contributed by atoms with E-state index in [2.05, 4.69) is 4.98 Å². The summed E-state index contributed by atoms with van der Waals surface area (Å²) in [6.45, 7) is 1.34. The van der Waals surface area contributed by atoms with Crippen molar-refractivity contribution in [2.75, 3.05) is 27.4 Å². The van der Waals surface area contributed by atoms with Crippen LogP contribution in [0.3, 0.4) is 0 Å². The lowest BCUT2D eigenvalue weighted by Gasteiger charge is -2.30. The highest BCUT2D eigenvalue weighted by molar-refractivity contribution is 5.78. The molecule has 6 nitrogen and oxygen atoms in total. The molecule has 0 N–H and O–H groups in total. The van der Waals surface area contributed by atoms with E-state index >= 15 is 0 Å². The number of rotatable bonds is 3. The number of imidazole rings is 1. The third-order valence-electron chi connectivity index (χ3n) is 4.29. The number of halogens is 1. The van der Waals surface area contributed by atoms with Crippen LogP contribution >= 0.6 is 0 Å². The summed E-state index contributed by atoms with van der Waals surface area (Å²) in [6, 6.07) is 4.60. The van der Waals surface area contributed by atoms with E-state index in [4.69, 9.17) is 9.47 Å². The quantitative estimate of drug-likeness (QED) is 0.867. The van der Waals surface area contributed by atoms with E-state index in [1.807, 2.05) is 0 Å². The first-order valence-corrected chi connectivity index (χ1v) is 7.83. The molecule has 24 heavy (non-hydrogen) atoms. The highest BCUT2D eigenvalue weighted by Gasteiger charge is 2.23. The van der Waals surface area contributed by atoms with Gasteiger partial charge < -0.3 is 14.4 Å². The van der Waals surface area contributed by atoms with E-state index in [0.717, 1.165) is 12.8 Å². The third-order valence-corrected chi connectivity index (χ3v) is 4.29. The molecule has 2 aromatic rings. The molecule has 2 heterocycles. The monoisotopic (exact) mass is 333 g/mol. The van der Waals surface area contributed by atoms with Gasteiger partial charge in [0.2, 0.25) is 0 Å². The highest BCUT2D eigenvalue weighted by atomic mass is 19.1. The number of ether oxygens (including phenoxy) is 2. The van der Waals surface area contributed by atoms with Crippen molar-refractivity contribution in [3.8, 4) is 17.0 Å². The molecule has 0 bridgehead atoms. The normalized spacial score (nSPS) is 15.3. The molecule has 7 heteroatoms. The van der Waals surface area contributed by atoms with Crippen molar-refractivity contribution in [2.45, 2.75) is 18.9 Å². The van der Waals surface area contributed by atoms with Crippen LogP contribution in [-0.4, -0.2) is 53.9 Å². The molecule has 0 aliphatic carbocycles. The van der Waals surface area contributed by atoms with Gasteiger partial charge in [0.25, 0.3) is 0 Å². The maximum Gasteiger partial charge on any atom is 0.329 e. The summed E-state index contributed by atoms with van der Waals surface area (Å²) in [7, 11) is 3.20. The van der Waals surface area contributed by atoms with Crippen LogP contribution < -0.4 is 4.74 Å². The van der Waals surface area contributed by atoms with Crippen LogP contribution in [0.25, 0.3) is 11.3 Å². The number of carbonyl (C=O) groups is 1. The first kappa shape index (κ1) is 16.4. The van der Waals surface area contributed by atoms with Crippen LogP contribution in [0.5, 0.6) is 5.75 Å². The van der Waals surface area contributed by atoms with Crippen molar-refractivity contribution < 1.29 is 18.7 Å². The maximum atomic E-state index is 13.8. The molecule has 1 amide bonds. The summed E-state index contributed by atoms with van der Waals surface area (Å²) < 4.78 is 25.5. The molecule has 1 saturated heterocycles. The van der Waals surface area contributed by atoms with E-state index in [0.29, 0.717) is 24.5 Å². The van der Waals surface area contributed by atoms with Crippen molar-refractivity contribution in [1.82, 2.24) is 14.5 Å². The van der Waals surface area contributed by atoms with Crippen molar-refractivity contribution in [2.24, 2.45) is 0 Å². The third kappa shape index (κ3) is 3.26. The Hall–Kier alpha value is -2.41. The van der Waals surface area contributed by atoms with Gasteiger partial charge in [-0.3, -0.25) is 4.57 Å². The Labute approximate surface area is 139 Å². The summed E-state index contributed by atoms with van der Waals surface area (Å²) >= 11 is 0. The van der Waals surface area contributed by atoms with Gasteiger partial charge in [-0.25, -0.2) is 14.2 Å². The molecule has 1 aliphatic heterocycles. The first-order chi connectivity index (χ1) is 11.6. The fourth-order valence-electron chi connectivity index (χ4n) is 2.81. The summed E-state index contributed by atoms with van der Waals surface area (Å²) in [5.74, 6) is -0.288. The van der Waals surface area contributed by atoms with Crippen LogP contribution in [-0.2, 0) is 4.74 Å². The number of nitrogens with zero attached hydrogens (tertiary/aromatic N) is 3. The Morgan fingerprint density at radius 1 is 1.42 bits per heavy atom. The molecule has 1 aliphatic rings. The van der Waals surface area contributed by atoms with E-state index in [-0.39, 0.29) is 17.8 Å². The van der Waals surface area contributed by atoms with Crippen molar-refractivity contribution in [3.05, 3.63) is 36.5 Å². The van der Waals surface area contributed by atoms with Gasteiger partial charge in [0.05, 0.1) is 12.8 Å². The fourth-order valence-corrected chi connectivity index (χ4v) is 2.81. The van der Waals surface area contributed by atoms with Crippen LogP contribution in [0.1, 0.15) is 12.8 Å². The largest absolute Gasteiger partial charge is 0.494 e. The first-order valence-electron chi connectivity index (χ1n) is 7.83. The Kier molecular flexibility index (Phi) is 4.80. The van der Waals surface area contributed by atoms with E-state index in [1.54, 1.807) is 30.3 Å². The van der Waals surface area contributed by atoms with Crippen molar-refractivity contribution >= 4 is 6.03 Å². The topological polar surface area (TPSA) is 56.6 Å². The second-order valence-electron chi connectivity index (χ2n) is 5.75. The lowest BCUT2D eigenvalue weighted by atomic mass is 10.1. The maximum absolute atomic E-state index is 13.8. The Morgan fingerprint density at radius 3 is 2.83 bits per heavy atom. The minimum Gasteiger partial charge on any atom is -0.494 e. The Balaban J connectivity index is 1.77. The standard InChI is InChI=1S/C17H20FN3O3/c1-20(13-5-7-24-8-6-13)17(22)21-10-15(19-11-21)12-3-4-16(23-2)14(18)9-12/h3-4,9-11,13H,5-8H2,1-2H3. The van der Waals surface area contributed by atoms with E-state index in [9.17, 15) is 9.18 Å². The number of aromatic nitrogens is 2. The number of amides is 1. The van der Waals surface area contributed by atoms with Gasteiger partial charge in [-0.15, -0.1) is 0 Å². The minimum absolute atomic E-state index is 0.158. The molecule has 1 fully saturated rings. The molecule has 1 aromatic carbocycles. The minimum atomic E-state index is -0.463. The number of carbonyl (C=O) groups excluding carboxylic acids is 1. The fraction of sp³-hybridized carbons (Fsp3) is 0.412. The zero-order chi connectivity index (χ0) is 17.1. The number of benzene rings is 1. The average Bonchev–Trinajstić information content (AvgIpc) is 3.11.